The molecule has 100 valence electrons. The van der Waals surface area contributed by atoms with Gasteiger partial charge in [0, 0.05) is 0 Å². The highest BCUT2D eigenvalue weighted by molar-refractivity contribution is 6.04. The van der Waals surface area contributed by atoms with E-state index in [0.29, 0.717) is 0 Å². The van der Waals surface area contributed by atoms with E-state index in [-0.39, 0.29) is 26.3 Å². The minimum absolute atomic E-state index is 0.171. The Morgan fingerprint density at radius 2 is 1.89 bits per heavy atom. The summed E-state index contributed by atoms with van der Waals surface area (Å²) >= 11 is 0. The molecule has 0 aliphatic carbocycles. The lowest BCUT2D eigenvalue weighted by atomic mass is 10.1. The van der Waals surface area contributed by atoms with Crippen LogP contribution in [-0.2, 0) is 19.2 Å². The second-order valence-electron chi connectivity index (χ2n) is 3.38. The summed E-state index contributed by atoms with van der Waals surface area (Å²) in [5, 5.41) is 9.50. The average Bonchev–Trinajstić information content (AvgIpc) is 2.29. The summed E-state index contributed by atoms with van der Waals surface area (Å²) in [6.07, 6.45) is -5.25. The van der Waals surface area contributed by atoms with Crippen LogP contribution >= 0.6 is 0 Å². The maximum Gasteiger partial charge on any atom is 0.452 e. The molecule has 1 fully saturated rings. The number of nitrogens with zero attached hydrogens (tertiary/aromatic N) is 2. The van der Waals surface area contributed by atoms with E-state index in [4.69, 9.17) is 10.00 Å². The predicted octanol–water partition coefficient (Wildman–Crippen LogP) is 0.0480. The van der Waals surface area contributed by atoms with Crippen molar-refractivity contribution >= 4 is 11.8 Å². The Hall–Kier alpha value is -1.66. The highest BCUT2D eigenvalue weighted by Crippen LogP contribution is 2.21. The number of alkyl halides is 3. The Morgan fingerprint density at radius 1 is 1.33 bits per heavy atom. The van der Waals surface area contributed by atoms with Crippen molar-refractivity contribution in [3.63, 3.8) is 0 Å². The third kappa shape index (κ3) is 3.68. The molecule has 0 N–H and O–H groups in total. The third-order valence-corrected chi connectivity index (χ3v) is 2.10. The van der Waals surface area contributed by atoms with Gasteiger partial charge in [0.1, 0.15) is 0 Å². The summed E-state index contributed by atoms with van der Waals surface area (Å²) in [4.78, 5) is 26.6. The highest BCUT2D eigenvalue weighted by atomic mass is 19.4. The van der Waals surface area contributed by atoms with Crippen LogP contribution in [0.2, 0.25) is 0 Å². The van der Waals surface area contributed by atoms with Gasteiger partial charge in [-0.05, 0) is 0 Å². The molecule has 0 radical (unpaired) electrons. The van der Waals surface area contributed by atoms with Crippen molar-refractivity contribution in [3.05, 3.63) is 0 Å². The monoisotopic (exact) mass is 266 g/mol. The number of hydroxylamine groups is 2. The maximum absolute atomic E-state index is 12.1. The first-order valence-electron chi connectivity index (χ1n) is 4.91. The first-order chi connectivity index (χ1) is 8.36. The van der Waals surface area contributed by atoms with Crippen LogP contribution < -0.4 is 0 Å². The van der Waals surface area contributed by atoms with Gasteiger partial charge < -0.3 is 9.57 Å². The molecule has 0 bridgehead atoms. The van der Waals surface area contributed by atoms with Crippen molar-refractivity contribution in [3.8, 4) is 6.07 Å². The Kier molecular flexibility index (Phi) is 4.63. The van der Waals surface area contributed by atoms with Crippen LogP contribution in [0.5, 0.6) is 0 Å². The zero-order valence-corrected chi connectivity index (χ0v) is 9.07. The lowest BCUT2D eigenvalue weighted by Gasteiger charge is -2.25. The molecule has 18 heavy (non-hydrogen) atoms. The predicted molar refractivity (Wildman–Crippen MR) is 48.6 cm³/mol. The van der Waals surface area contributed by atoms with E-state index in [0.717, 1.165) is 11.1 Å². The molecule has 9 heteroatoms. The van der Waals surface area contributed by atoms with Crippen molar-refractivity contribution < 1.29 is 32.3 Å². The van der Waals surface area contributed by atoms with E-state index < -0.39 is 23.8 Å². The number of ether oxygens (including phenoxy) is 1. The van der Waals surface area contributed by atoms with E-state index in [1.165, 1.54) is 0 Å². The molecule has 0 aromatic heterocycles. The molecular weight excluding hydrogens is 257 g/mol. The first-order valence-corrected chi connectivity index (χ1v) is 4.91. The number of rotatable bonds is 3. The molecule has 0 spiro atoms. The van der Waals surface area contributed by atoms with Crippen LogP contribution in [0.15, 0.2) is 0 Å². The van der Waals surface area contributed by atoms with Crippen molar-refractivity contribution in [2.45, 2.75) is 6.18 Å². The maximum atomic E-state index is 12.1. The fraction of sp³-hybridized carbons (Fsp3) is 0.667. The number of Topliss-reactive ketones (excluding diaryl/α,β-unsaturated/α-hetero) is 1. The molecule has 1 rings (SSSR count). The molecular formula is C9H9F3N2O4. The van der Waals surface area contributed by atoms with Crippen LogP contribution in [0.25, 0.3) is 0 Å². The standard InChI is InChI=1S/C9H9F3N2O4/c10-9(11,12)7(15)6(5-13)8(16)18-14-1-3-17-4-2-14/h6H,1-4H2. The fourth-order valence-electron chi connectivity index (χ4n) is 1.20. The van der Waals surface area contributed by atoms with E-state index in [1.807, 2.05) is 0 Å². The molecule has 1 unspecified atom stereocenters. The number of hydrogen-bond acceptors (Lipinski definition) is 6. The minimum atomic E-state index is -5.25. The molecule has 0 aromatic rings. The number of halogens is 3. The van der Waals surface area contributed by atoms with Gasteiger partial charge in [0.25, 0.3) is 5.78 Å². The molecule has 0 saturated carbocycles. The summed E-state index contributed by atoms with van der Waals surface area (Å²) in [5.74, 6) is -6.45. The van der Waals surface area contributed by atoms with Crippen molar-refractivity contribution in [1.82, 2.24) is 5.06 Å². The van der Waals surface area contributed by atoms with Crippen LogP contribution in [0, 0.1) is 17.2 Å². The summed E-state index contributed by atoms with van der Waals surface area (Å²) in [6.45, 7) is 0.837. The van der Waals surface area contributed by atoms with Gasteiger partial charge in [0.05, 0.1) is 32.4 Å². The van der Waals surface area contributed by atoms with Crippen LogP contribution in [0.1, 0.15) is 0 Å². The second kappa shape index (κ2) is 5.79. The average molecular weight is 266 g/mol. The van der Waals surface area contributed by atoms with Crippen LogP contribution in [-0.4, -0.2) is 49.3 Å². The Labute approximate surface area is 99.8 Å². The minimum Gasteiger partial charge on any atom is -0.379 e. The zero-order valence-electron chi connectivity index (χ0n) is 9.07. The lowest BCUT2D eigenvalue weighted by molar-refractivity contribution is -0.211. The summed E-state index contributed by atoms with van der Waals surface area (Å²) < 4.78 is 41.2. The molecule has 1 saturated heterocycles. The third-order valence-electron chi connectivity index (χ3n) is 2.10. The molecule has 0 amide bonds. The Bertz CT molecular complexity index is 371. The van der Waals surface area contributed by atoms with Gasteiger partial charge in [0.15, 0.2) is 0 Å². The summed E-state index contributed by atoms with van der Waals surface area (Å²) in [6, 6.07) is 0.996. The van der Waals surface area contributed by atoms with E-state index >= 15 is 0 Å². The van der Waals surface area contributed by atoms with Gasteiger partial charge >= 0.3 is 12.1 Å². The zero-order chi connectivity index (χ0) is 13.8. The van der Waals surface area contributed by atoms with Gasteiger partial charge in [-0.2, -0.15) is 18.4 Å². The molecule has 1 atom stereocenters. The largest absolute Gasteiger partial charge is 0.452 e. The molecule has 6 nitrogen and oxygen atoms in total. The number of carbonyl (C=O) groups excluding carboxylic acids is 2. The van der Waals surface area contributed by atoms with E-state index in [2.05, 4.69) is 4.84 Å². The second-order valence-corrected chi connectivity index (χ2v) is 3.38. The van der Waals surface area contributed by atoms with E-state index in [9.17, 15) is 22.8 Å². The topological polar surface area (TPSA) is 79.6 Å². The fourth-order valence-corrected chi connectivity index (χ4v) is 1.20. The number of hydrogen-bond donors (Lipinski definition) is 0. The molecule has 1 aliphatic rings. The van der Waals surface area contributed by atoms with Crippen molar-refractivity contribution in [1.29, 1.82) is 5.26 Å². The smallest absolute Gasteiger partial charge is 0.379 e. The molecule has 1 heterocycles. The number of carbonyl (C=O) groups is 2. The Morgan fingerprint density at radius 3 is 2.33 bits per heavy atom. The number of ketones is 1. The van der Waals surface area contributed by atoms with Gasteiger partial charge in [-0.25, -0.2) is 4.79 Å². The van der Waals surface area contributed by atoms with Crippen molar-refractivity contribution in [2.24, 2.45) is 5.92 Å². The van der Waals surface area contributed by atoms with E-state index in [1.54, 1.807) is 0 Å². The molecule has 1 aliphatic heterocycles. The van der Waals surface area contributed by atoms with Crippen molar-refractivity contribution in [2.75, 3.05) is 26.3 Å². The number of morpholine rings is 1. The Balaban J connectivity index is 2.63. The van der Waals surface area contributed by atoms with Crippen LogP contribution in [0.4, 0.5) is 13.2 Å². The summed E-state index contributed by atoms with van der Waals surface area (Å²) in [7, 11) is 0. The quantitative estimate of drug-likeness (QED) is 0.671. The van der Waals surface area contributed by atoms with Gasteiger partial charge in [-0.1, -0.05) is 0 Å². The van der Waals surface area contributed by atoms with Crippen LogP contribution in [0.3, 0.4) is 0 Å². The van der Waals surface area contributed by atoms with Gasteiger partial charge in [-0.15, -0.1) is 5.06 Å². The SMILES string of the molecule is N#CC(C(=O)ON1CCOCC1)C(=O)C(F)(F)F. The van der Waals surface area contributed by atoms with Gasteiger partial charge in [0.2, 0.25) is 5.92 Å². The normalized spacial score (nSPS) is 18.8. The first kappa shape index (κ1) is 14.4. The highest BCUT2D eigenvalue weighted by Gasteiger charge is 2.48. The number of nitriles is 1. The van der Waals surface area contributed by atoms with Gasteiger partial charge in [-0.3, -0.25) is 4.79 Å². The lowest BCUT2D eigenvalue weighted by Crippen LogP contribution is -2.42. The molecule has 0 aromatic carbocycles. The summed E-state index contributed by atoms with van der Waals surface area (Å²) in [5.41, 5.74) is 0.